The Hall–Kier alpha value is -3.29. The molecule has 0 unspecified atom stereocenters. The number of sulfonamides is 1. The molecule has 0 aliphatic carbocycles. The number of nitrogens with zero attached hydrogens (tertiary/aromatic N) is 2. The number of hydrogen-bond donors (Lipinski definition) is 1. The Labute approximate surface area is 164 Å². The quantitative estimate of drug-likeness (QED) is 0.659. The van der Waals surface area contributed by atoms with Crippen LogP contribution in [0, 0.1) is 11.8 Å². The monoisotopic (exact) mass is 421 g/mol. The van der Waals surface area contributed by atoms with Gasteiger partial charge < -0.3 is 4.74 Å². The first-order valence-corrected chi connectivity index (χ1v) is 9.61. The van der Waals surface area contributed by atoms with Crippen LogP contribution < -0.4 is 9.88 Å². The van der Waals surface area contributed by atoms with Gasteiger partial charge in [-0.3, -0.25) is 4.68 Å². The van der Waals surface area contributed by atoms with Crippen LogP contribution in [0.1, 0.15) is 11.1 Å². The fourth-order valence-corrected chi connectivity index (χ4v) is 3.14. The molecule has 0 atom stereocenters. The SMILES string of the molecule is Cn1ncc(C#Cc2cccc(S(N)(=O)=O)c2)c1-c1ccc(OC(F)(F)F)cc1. The first-order chi connectivity index (χ1) is 13.5. The molecule has 10 heteroatoms. The fraction of sp³-hybridized carbons (Fsp3) is 0.105. The average Bonchev–Trinajstić information content (AvgIpc) is 2.99. The molecule has 0 aliphatic heterocycles. The van der Waals surface area contributed by atoms with Crippen LogP contribution in [0.15, 0.2) is 59.6 Å². The van der Waals surface area contributed by atoms with Gasteiger partial charge in [-0.25, -0.2) is 13.6 Å². The fourth-order valence-electron chi connectivity index (χ4n) is 2.58. The van der Waals surface area contributed by atoms with Crippen LogP contribution in [0.4, 0.5) is 13.2 Å². The number of primary sulfonamides is 1. The third-order valence-electron chi connectivity index (χ3n) is 3.80. The van der Waals surface area contributed by atoms with Crippen molar-refractivity contribution in [1.82, 2.24) is 9.78 Å². The molecule has 0 saturated carbocycles. The Bertz CT molecular complexity index is 1210. The second kappa shape index (κ2) is 7.62. The summed E-state index contributed by atoms with van der Waals surface area (Å²) in [6.45, 7) is 0. The lowest BCUT2D eigenvalue weighted by atomic mass is 10.1. The lowest BCUT2D eigenvalue weighted by Crippen LogP contribution is -2.16. The molecule has 3 rings (SSSR count). The molecular formula is C19H14F3N3O3S. The zero-order valence-electron chi connectivity index (χ0n) is 14.9. The first kappa shape index (κ1) is 20.4. The van der Waals surface area contributed by atoms with Crippen LogP contribution in [0.3, 0.4) is 0 Å². The number of aryl methyl sites for hydroxylation is 1. The van der Waals surface area contributed by atoms with Gasteiger partial charge >= 0.3 is 6.36 Å². The molecule has 6 nitrogen and oxygen atoms in total. The minimum absolute atomic E-state index is 0.0593. The van der Waals surface area contributed by atoms with E-state index in [1.807, 2.05) is 0 Å². The average molecular weight is 421 g/mol. The molecule has 0 spiro atoms. The summed E-state index contributed by atoms with van der Waals surface area (Å²) in [5.74, 6) is 5.41. The number of alkyl halides is 3. The van der Waals surface area contributed by atoms with Gasteiger partial charge in [0.05, 0.1) is 22.3 Å². The molecule has 0 bridgehead atoms. The number of rotatable bonds is 3. The third kappa shape index (κ3) is 5.16. The number of ether oxygens (including phenoxy) is 1. The number of hydrogen-bond acceptors (Lipinski definition) is 4. The summed E-state index contributed by atoms with van der Waals surface area (Å²) in [7, 11) is -2.18. The highest BCUT2D eigenvalue weighted by molar-refractivity contribution is 7.89. The first-order valence-electron chi connectivity index (χ1n) is 8.06. The van der Waals surface area contributed by atoms with E-state index in [2.05, 4.69) is 21.7 Å². The van der Waals surface area contributed by atoms with Crippen LogP contribution in [-0.2, 0) is 17.1 Å². The molecule has 2 aromatic carbocycles. The Morgan fingerprint density at radius 2 is 1.79 bits per heavy atom. The lowest BCUT2D eigenvalue weighted by Gasteiger charge is -2.09. The van der Waals surface area contributed by atoms with Crippen molar-refractivity contribution >= 4 is 10.0 Å². The predicted molar refractivity (Wildman–Crippen MR) is 99.1 cm³/mol. The summed E-state index contributed by atoms with van der Waals surface area (Å²) in [5.41, 5.74) is 2.11. The summed E-state index contributed by atoms with van der Waals surface area (Å²) in [4.78, 5) is -0.0593. The highest BCUT2D eigenvalue weighted by atomic mass is 32.2. The number of benzene rings is 2. The van der Waals surface area contributed by atoms with Crippen molar-refractivity contribution in [3.63, 3.8) is 0 Å². The maximum Gasteiger partial charge on any atom is 0.573 e. The van der Waals surface area contributed by atoms with E-state index in [-0.39, 0.29) is 10.6 Å². The zero-order chi connectivity index (χ0) is 21.2. The van der Waals surface area contributed by atoms with Gasteiger partial charge in [-0.2, -0.15) is 5.10 Å². The standard InChI is InChI=1S/C19H14F3N3O3S/c1-25-18(14-7-9-16(10-8-14)28-19(20,21)22)15(12-24-25)6-5-13-3-2-4-17(11-13)29(23,26)27/h2-4,7-12H,1H3,(H2,23,26,27). The Morgan fingerprint density at radius 3 is 2.41 bits per heavy atom. The molecule has 3 aromatic rings. The van der Waals surface area contributed by atoms with Crippen molar-refractivity contribution in [2.24, 2.45) is 12.2 Å². The van der Waals surface area contributed by atoms with Gasteiger partial charge in [0, 0.05) is 18.2 Å². The summed E-state index contributed by atoms with van der Waals surface area (Å²) in [6, 6.07) is 11.2. The van der Waals surface area contributed by atoms with Crippen molar-refractivity contribution in [3.8, 4) is 28.8 Å². The molecule has 0 fully saturated rings. The molecule has 150 valence electrons. The van der Waals surface area contributed by atoms with Crippen LogP contribution in [0.25, 0.3) is 11.3 Å². The highest BCUT2D eigenvalue weighted by Gasteiger charge is 2.31. The predicted octanol–water partition coefficient (Wildman–Crippen LogP) is 3.03. The van der Waals surface area contributed by atoms with Crippen LogP contribution in [0.5, 0.6) is 5.75 Å². The van der Waals surface area contributed by atoms with Gasteiger partial charge in [-0.1, -0.05) is 17.9 Å². The summed E-state index contributed by atoms with van der Waals surface area (Å²) >= 11 is 0. The van der Waals surface area contributed by atoms with Crippen LogP contribution in [-0.4, -0.2) is 24.6 Å². The van der Waals surface area contributed by atoms with Gasteiger partial charge in [-0.15, -0.1) is 13.2 Å². The van der Waals surface area contributed by atoms with Crippen molar-refractivity contribution in [1.29, 1.82) is 0 Å². The molecule has 2 N–H and O–H groups in total. The Balaban J connectivity index is 1.93. The summed E-state index contributed by atoms with van der Waals surface area (Å²) in [6.07, 6.45) is -3.26. The van der Waals surface area contributed by atoms with Gasteiger partial charge in [-0.05, 0) is 42.5 Å². The van der Waals surface area contributed by atoms with E-state index in [0.717, 1.165) is 0 Å². The number of aromatic nitrogens is 2. The highest BCUT2D eigenvalue weighted by Crippen LogP contribution is 2.28. The third-order valence-corrected chi connectivity index (χ3v) is 4.72. The number of halogens is 3. The largest absolute Gasteiger partial charge is 0.573 e. The van der Waals surface area contributed by atoms with Crippen molar-refractivity contribution in [2.45, 2.75) is 11.3 Å². The molecule has 0 amide bonds. The van der Waals surface area contributed by atoms with E-state index in [1.54, 1.807) is 13.1 Å². The molecule has 1 aromatic heterocycles. The molecule has 0 radical (unpaired) electrons. The van der Waals surface area contributed by atoms with Gasteiger partial charge in [0.2, 0.25) is 10.0 Å². The minimum Gasteiger partial charge on any atom is -0.406 e. The summed E-state index contributed by atoms with van der Waals surface area (Å²) in [5, 5.41) is 9.25. The number of nitrogens with two attached hydrogens (primary N) is 1. The van der Waals surface area contributed by atoms with E-state index in [0.29, 0.717) is 22.4 Å². The second-order valence-corrected chi connectivity index (χ2v) is 7.49. The van der Waals surface area contributed by atoms with E-state index < -0.39 is 16.4 Å². The van der Waals surface area contributed by atoms with Gasteiger partial charge in [0.15, 0.2) is 0 Å². The summed E-state index contributed by atoms with van der Waals surface area (Å²) < 4.78 is 65.2. The van der Waals surface area contributed by atoms with E-state index in [1.165, 1.54) is 53.3 Å². The molecule has 29 heavy (non-hydrogen) atoms. The second-order valence-electron chi connectivity index (χ2n) is 5.93. The van der Waals surface area contributed by atoms with Crippen LogP contribution >= 0.6 is 0 Å². The normalized spacial score (nSPS) is 11.6. The van der Waals surface area contributed by atoms with Crippen LogP contribution in [0.2, 0.25) is 0 Å². The van der Waals surface area contributed by atoms with E-state index >= 15 is 0 Å². The van der Waals surface area contributed by atoms with Crippen molar-refractivity contribution < 1.29 is 26.3 Å². The lowest BCUT2D eigenvalue weighted by molar-refractivity contribution is -0.274. The topological polar surface area (TPSA) is 87.2 Å². The van der Waals surface area contributed by atoms with E-state index in [9.17, 15) is 21.6 Å². The van der Waals surface area contributed by atoms with Gasteiger partial charge in [0.25, 0.3) is 0 Å². The van der Waals surface area contributed by atoms with Gasteiger partial charge in [0.1, 0.15) is 5.75 Å². The van der Waals surface area contributed by atoms with Crippen molar-refractivity contribution in [2.75, 3.05) is 0 Å². The smallest absolute Gasteiger partial charge is 0.406 e. The Kier molecular flexibility index (Phi) is 5.37. The minimum atomic E-state index is -4.77. The maximum atomic E-state index is 12.3. The molecule has 0 saturated heterocycles. The van der Waals surface area contributed by atoms with Crippen molar-refractivity contribution in [3.05, 3.63) is 65.9 Å². The van der Waals surface area contributed by atoms with E-state index in [4.69, 9.17) is 5.14 Å². The Morgan fingerprint density at radius 1 is 1.10 bits per heavy atom. The zero-order valence-corrected chi connectivity index (χ0v) is 15.8. The molecule has 0 aliphatic rings. The molecule has 1 heterocycles. The maximum absolute atomic E-state index is 12.3. The molecular weight excluding hydrogens is 407 g/mol.